The van der Waals surface area contributed by atoms with E-state index in [1.54, 1.807) is 6.07 Å². The van der Waals surface area contributed by atoms with E-state index in [1.165, 1.54) is 12.4 Å². The van der Waals surface area contributed by atoms with Gasteiger partial charge < -0.3 is 16.1 Å². The smallest absolute Gasteiger partial charge is 0.255 e. The average molecular weight is 251 g/mol. The van der Waals surface area contributed by atoms with E-state index < -0.39 is 0 Å². The lowest BCUT2D eigenvalue weighted by molar-refractivity contribution is -0.120. The Labute approximate surface area is 105 Å². The maximum Gasteiger partial charge on any atom is 0.255 e. The molecule has 0 unspecified atom stereocenters. The van der Waals surface area contributed by atoms with Crippen LogP contribution in [0.4, 0.5) is 5.69 Å². The predicted molar refractivity (Wildman–Crippen MR) is 67.7 cm³/mol. The second-order valence-corrected chi connectivity index (χ2v) is 3.53. The number of nitrogens with one attached hydrogen (secondary N) is 3. The molecule has 7 nitrogen and oxygen atoms in total. The first kappa shape index (κ1) is 13.9. The molecular formula is C11H17N5O2. The highest BCUT2D eigenvalue weighted by atomic mass is 16.2. The monoisotopic (exact) mass is 251 g/mol. The third kappa shape index (κ3) is 4.02. The first-order chi connectivity index (χ1) is 8.69. The number of hydrogen-bond donors (Lipinski definition) is 4. The Bertz CT molecular complexity index is 422. The molecule has 0 saturated heterocycles. The fourth-order valence-electron chi connectivity index (χ4n) is 1.37. The Hall–Kier alpha value is -2.15. The molecule has 0 aliphatic rings. The third-order valence-corrected chi connectivity index (χ3v) is 2.23. The third-order valence-electron chi connectivity index (χ3n) is 2.23. The quantitative estimate of drug-likeness (QED) is 0.407. The second kappa shape index (κ2) is 7.23. The number of pyridine rings is 1. The van der Waals surface area contributed by atoms with Gasteiger partial charge in [-0.3, -0.25) is 20.4 Å². The molecule has 0 fully saturated rings. The summed E-state index contributed by atoms with van der Waals surface area (Å²) in [6, 6.07) is 1.60. The summed E-state index contributed by atoms with van der Waals surface area (Å²) in [5.41, 5.74) is 3.25. The average Bonchev–Trinajstić information content (AvgIpc) is 2.38. The molecule has 0 aliphatic carbocycles. The first-order valence-electron chi connectivity index (χ1n) is 5.64. The van der Waals surface area contributed by atoms with Crippen molar-refractivity contribution in [1.82, 2.24) is 15.6 Å². The Morgan fingerprint density at radius 2 is 2.17 bits per heavy atom. The number of amides is 2. The molecule has 5 N–H and O–H groups in total. The van der Waals surface area contributed by atoms with E-state index in [0.29, 0.717) is 17.8 Å². The van der Waals surface area contributed by atoms with Gasteiger partial charge in [0.15, 0.2) is 0 Å². The zero-order valence-electron chi connectivity index (χ0n) is 10.2. The fourth-order valence-corrected chi connectivity index (χ4v) is 1.37. The van der Waals surface area contributed by atoms with Crippen LogP contribution < -0.4 is 21.9 Å². The lowest BCUT2D eigenvalue weighted by Crippen LogP contribution is -2.31. The molecule has 0 radical (unpaired) electrons. The Morgan fingerprint density at radius 1 is 1.39 bits per heavy atom. The zero-order valence-corrected chi connectivity index (χ0v) is 10.2. The lowest BCUT2D eigenvalue weighted by atomic mass is 10.2. The van der Waals surface area contributed by atoms with E-state index in [-0.39, 0.29) is 24.8 Å². The van der Waals surface area contributed by atoms with E-state index in [2.05, 4.69) is 21.0 Å². The maximum atomic E-state index is 11.8. The van der Waals surface area contributed by atoms with Gasteiger partial charge in [-0.15, -0.1) is 0 Å². The Balaban J connectivity index is 2.48. The van der Waals surface area contributed by atoms with Gasteiger partial charge in [-0.2, -0.15) is 0 Å². The van der Waals surface area contributed by atoms with E-state index in [0.717, 1.165) is 0 Å². The van der Waals surface area contributed by atoms with Crippen molar-refractivity contribution >= 4 is 17.5 Å². The summed E-state index contributed by atoms with van der Waals surface area (Å²) in [6.07, 6.45) is 3.18. The minimum absolute atomic E-state index is 0.0961. The van der Waals surface area contributed by atoms with Gasteiger partial charge in [0, 0.05) is 31.9 Å². The van der Waals surface area contributed by atoms with Crippen LogP contribution in [0.25, 0.3) is 0 Å². The highest BCUT2D eigenvalue weighted by Gasteiger charge is 2.10. The normalized spacial score (nSPS) is 9.67. The number of nitrogens with zero attached hydrogens (tertiary/aromatic N) is 1. The molecule has 1 aromatic heterocycles. The molecule has 1 heterocycles. The number of rotatable bonds is 6. The van der Waals surface area contributed by atoms with Crippen molar-refractivity contribution in [1.29, 1.82) is 0 Å². The van der Waals surface area contributed by atoms with Crippen LogP contribution in [-0.4, -0.2) is 29.9 Å². The van der Waals surface area contributed by atoms with Crippen LogP contribution in [0, 0.1) is 0 Å². The summed E-state index contributed by atoms with van der Waals surface area (Å²) in [4.78, 5) is 26.8. The minimum Gasteiger partial charge on any atom is -0.356 e. The fraction of sp³-hybridized carbons (Fsp3) is 0.364. The van der Waals surface area contributed by atoms with Crippen molar-refractivity contribution < 1.29 is 9.59 Å². The molecule has 0 bridgehead atoms. The van der Waals surface area contributed by atoms with Crippen LogP contribution in [-0.2, 0) is 4.79 Å². The number of nitrogen functional groups attached to an aromatic ring is 1. The second-order valence-electron chi connectivity index (χ2n) is 3.53. The standard InChI is InChI=1S/C11H17N5O2/c1-2-14-10(17)4-6-15-11(18)8-7-13-5-3-9(8)16-12/h3,5,7H,2,4,6,12H2,1H3,(H,13,16)(H,14,17)(H,15,18). The molecule has 18 heavy (non-hydrogen) atoms. The van der Waals surface area contributed by atoms with Gasteiger partial charge in [0.05, 0.1) is 11.3 Å². The van der Waals surface area contributed by atoms with Gasteiger partial charge in [0.2, 0.25) is 5.91 Å². The number of carbonyl (C=O) groups excluding carboxylic acids is 2. The number of anilines is 1. The zero-order chi connectivity index (χ0) is 13.4. The van der Waals surface area contributed by atoms with Crippen LogP contribution in [0.5, 0.6) is 0 Å². The molecule has 7 heteroatoms. The van der Waals surface area contributed by atoms with Crippen molar-refractivity contribution in [2.24, 2.45) is 5.84 Å². The van der Waals surface area contributed by atoms with Crippen molar-refractivity contribution in [3.8, 4) is 0 Å². The van der Waals surface area contributed by atoms with Gasteiger partial charge in [-0.25, -0.2) is 0 Å². The lowest BCUT2D eigenvalue weighted by Gasteiger charge is -2.08. The molecule has 0 saturated carbocycles. The van der Waals surface area contributed by atoms with E-state index in [9.17, 15) is 9.59 Å². The van der Waals surface area contributed by atoms with Crippen molar-refractivity contribution in [2.75, 3.05) is 18.5 Å². The molecule has 2 amide bonds. The summed E-state index contributed by atoms with van der Waals surface area (Å²) in [5.74, 6) is 4.87. The van der Waals surface area contributed by atoms with Crippen LogP contribution in [0.3, 0.4) is 0 Å². The number of hydrazine groups is 1. The molecule has 98 valence electrons. The van der Waals surface area contributed by atoms with Crippen molar-refractivity contribution in [2.45, 2.75) is 13.3 Å². The number of nitrogens with two attached hydrogens (primary N) is 1. The van der Waals surface area contributed by atoms with Crippen molar-refractivity contribution in [3.05, 3.63) is 24.0 Å². The summed E-state index contributed by atoms with van der Waals surface area (Å²) in [5, 5.41) is 5.27. The number of hydrogen-bond acceptors (Lipinski definition) is 5. The highest BCUT2D eigenvalue weighted by Crippen LogP contribution is 2.11. The first-order valence-corrected chi connectivity index (χ1v) is 5.64. The Kier molecular flexibility index (Phi) is 5.59. The van der Waals surface area contributed by atoms with E-state index >= 15 is 0 Å². The highest BCUT2D eigenvalue weighted by molar-refractivity contribution is 5.99. The molecule has 0 aliphatic heterocycles. The molecule has 0 spiro atoms. The Morgan fingerprint density at radius 3 is 2.83 bits per heavy atom. The topological polar surface area (TPSA) is 109 Å². The molecule has 1 aromatic rings. The van der Waals surface area contributed by atoms with Crippen molar-refractivity contribution in [3.63, 3.8) is 0 Å². The minimum atomic E-state index is -0.319. The molecule has 0 atom stereocenters. The van der Waals surface area contributed by atoms with Crippen LogP contribution in [0.15, 0.2) is 18.5 Å². The predicted octanol–water partition coefficient (Wildman–Crippen LogP) is -0.377. The summed E-state index contributed by atoms with van der Waals surface area (Å²) < 4.78 is 0. The summed E-state index contributed by atoms with van der Waals surface area (Å²) >= 11 is 0. The van der Waals surface area contributed by atoms with Gasteiger partial charge in [-0.1, -0.05) is 0 Å². The number of aromatic nitrogens is 1. The molecule has 0 aromatic carbocycles. The number of carbonyl (C=O) groups is 2. The molecule has 1 rings (SSSR count). The maximum absolute atomic E-state index is 11.8. The van der Waals surface area contributed by atoms with E-state index in [1.807, 2.05) is 6.92 Å². The summed E-state index contributed by atoms with van der Waals surface area (Å²) in [6.45, 7) is 2.69. The SMILES string of the molecule is CCNC(=O)CCNC(=O)c1cnccc1NN. The van der Waals surface area contributed by atoms with Gasteiger partial charge in [0.25, 0.3) is 5.91 Å². The van der Waals surface area contributed by atoms with Crippen LogP contribution >= 0.6 is 0 Å². The van der Waals surface area contributed by atoms with Gasteiger partial charge in [0.1, 0.15) is 0 Å². The van der Waals surface area contributed by atoms with Crippen LogP contribution in [0.1, 0.15) is 23.7 Å². The van der Waals surface area contributed by atoms with Gasteiger partial charge in [-0.05, 0) is 13.0 Å². The van der Waals surface area contributed by atoms with Crippen LogP contribution in [0.2, 0.25) is 0 Å². The largest absolute Gasteiger partial charge is 0.356 e. The van der Waals surface area contributed by atoms with E-state index in [4.69, 9.17) is 5.84 Å². The summed E-state index contributed by atoms with van der Waals surface area (Å²) in [7, 11) is 0. The van der Waals surface area contributed by atoms with Gasteiger partial charge >= 0.3 is 0 Å². The molecular weight excluding hydrogens is 234 g/mol.